The number of nitrogens with one attached hydrogen (secondary N) is 1. The number of alkyl halides is 1. The first-order valence-electron chi connectivity index (χ1n) is 8.34. The highest BCUT2D eigenvalue weighted by atomic mass is 79.9. The third-order valence-corrected chi connectivity index (χ3v) is 6.76. The minimum atomic E-state index is -0.521. The van der Waals surface area contributed by atoms with Gasteiger partial charge < -0.3 is 14.8 Å². The van der Waals surface area contributed by atoms with Crippen LogP contribution >= 0.6 is 15.9 Å². The van der Waals surface area contributed by atoms with Gasteiger partial charge in [0.05, 0.1) is 16.7 Å². The van der Waals surface area contributed by atoms with Gasteiger partial charge in [0.1, 0.15) is 6.10 Å². The van der Waals surface area contributed by atoms with Gasteiger partial charge in [0.25, 0.3) is 5.91 Å². The standard InChI is InChI=1S/C18H18BrNO5/c1-8-4-2-3-5-11(8)20-12(21)7-24-17(22)13-9-6-10-14(13)18(23)25-16(10)15(9)19/h2-5,9-10,13-16H,6-7H2,1H3,(H,20,21)/t9-,10-,13-,14+,15-,16+/m1/s1. The number of halogens is 1. The number of ether oxygens (including phenoxy) is 2. The summed E-state index contributed by atoms with van der Waals surface area (Å²) >= 11 is 3.55. The van der Waals surface area contributed by atoms with Gasteiger partial charge >= 0.3 is 11.9 Å². The molecule has 2 bridgehead atoms. The number of hydrogen-bond donors (Lipinski definition) is 1. The van der Waals surface area contributed by atoms with E-state index in [4.69, 9.17) is 9.47 Å². The van der Waals surface area contributed by atoms with Gasteiger partial charge in [0.15, 0.2) is 6.61 Å². The van der Waals surface area contributed by atoms with Crippen molar-refractivity contribution in [3.8, 4) is 0 Å². The summed E-state index contributed by atoms with van der Waals surface area (Å²) in [6, 6.07) is 7.37. The maximum Gasteiger partial charge on any atom is 0.310 e. The number of carbonyl (C=O) groups is 3. The van der Waals surface area contributed by atoms with Gasteiger partial charge in [-0.3, -0.25) is 14.4 Å². The summed E-state index contributed by atoms with van der Waals surface area (Å²) in [7, 11) is 0. The monoisotopic (exact) mass is 407 g/mol. The summed E-state index contributed by atoms with van der Waals surface area (Å²) in [4.78, 5) is 36.6. The highest BCUT2D eigenvalue weighted by molar-refractivity contribution is 9.09. The van der Waals surface area contributed by atoms with E-state index in [2.05, 4.69) is 21.2 Å². The molecule has 1 heterocycles. The Labute approximate surface area is 153 Å². The van der Waals surface area contributed by atoms with Crippen molar-refractivity contribution in [2.24, 2.45) is 23.7 Å². The van der Waals surface area contributed by atoms with Gasteiger partial charge in [-0.1, -0.05) is 34.1 Å². The number of esters is 2. The van der Waals surface area contributed by atoms with E-state index in [1.54, 1.807) is 6.07 Å². The Morgan fingerprint density at radius 2 is 2.08 bits per heavy atom. The molecule has 4 rings (SSSR count). The Bertz CT molecular complexity index is 751. The molecule has 1 amide bonds. The van der Waals surface area contributed by atoms with Crippen molar-refractivity contribution < 1.29 is 23.9 Å². The minimum absolute atomic E-state index is 0.0152. The highest BCUT2D eigenvalue weighted by Crippen LogP contribution is 2.60. The van der Waals surface area contributed by atoms with Crippen LogP contribution in [0.5, 0.6) is 0 Å². The van der Waals surface area contributed by atoms with Crippen molar-refractivity contribution in [1.29, 1.82) is 0 Å². The van der Waals surface area contributed by atoms with Crippen LogP contribution in [0.25, 0.3) is 0 Å². The second-order valence-electron chi connectivity index (χ2n) is 6.93. The zero-order chi connectivity index (χ0) is 17.7. The van der Waals surface area contributed by atoms with Gasteiger partial charge in [-0.15, -0.1) is 0 Å². The smallest absolute Gasteiger partial charge is 0.310 e. The van der Waals surface area contributed by atoms with Gasteiger partial charge in [0, 0.05) is 11.6 Å². The first-order valence-corrected chi connectivity index (χ1v) is 9.25. The van der Waals surface area contributed by atoms with Crippen molar-refractivity contribution >= 4 is 39.5 Å². The average molecular weight is 408 g/mol. The van der Waals surface area contributed by atoms with Crippen LogP contribution in [-0.4, -0.2) is 35.4 Å². The van der Waals surface area contributed by atoms with Crippen LogP contribution in [0.15, 0.2) is 24.3 Å². The predicted octanol–water partition coefficient (Wildman–Crippen LogP) is 2.05. The van der Waals surface area contributed by atoms with E-state index >= 15 is 0 Å². The second-order valence-corrected chi connectivity index (χ2v) is 7.99. The Hall–Kier alpha value is -1.89. The number of benzene rings is 1. The number of para-hydroxylation sites is 1. The lowest BCUT2D eigenvalue weighted by Crippen LogP contribution is -2.39. The van der Waals surface area contributed by atoms with Crippen LogP contribution in [0, 0.1) is 30.6 Å². The predicted molar refractivity (Wildman–Crippen MR) is 91.9 cm³/mol. The van der Waals surface area contributed by atoms with Crippen LogP contribution in [0.1, 0.15) is 12.0 Å². The molecule has 25 heavy (non-hydrogen) atoms. The molecule has 0 radical (unpaired) electrons. The summed E-state index contributed by atoms with van der Waals surface area (Å²) in [6.07, 6.45) is 0.655. The zero-order valence-corrected chi connectivity index (χ0v) is 15.2. The van der Waals surface area contributed by atoms with Crippen LogP contribution in [0.4, 0.5) is 5.69 Å². The van der Waals surface area contributed by atoms with Crippen molar-refractivity contribution in [3.05, 3.63) is 29.8 Å². The summed E-state index contributed by atoms with van der Waals surface area (Å²) in [5, 5.41) is 2.72. The van der Waals surface area contributed by atoms with E-state index in [0.29, 0.717) is 5.69 Å². The molecule has 6 nitrogen and oxygen atoms in total. The molecule has 1 saturated heterocycles. The van der Waals surface area contributed by atoms with Crippen LogP contribution in [-0.2, 0) is 23.9 Å². The van der Waals surface area contributed by atoms with E-state index in [1.165, 1.54) is 0 Å². The van der Waals surface area contributed by atoms with Crippen molar-refractivity contribution in [3.63, 3.8) is 0 Å². The van der Waals surface area contributed by atoms with E-state index < -0.39 is 23.7 Å². The summed E-state index contributed by atoms with van der Waals surface area (Å²) in [5.74, 6) is -2.03. The van der Waals surface area contributed by atoms with E-state index in [9.17, 15) is 14.4 Å². The molecular weight excluding hydrogens is 390 g/mol. The summed E-state index contributed by atoms with van der Waals surface area (Å²) < 4.78 is 10.6. The van der Waals surface area contributed by atoms with Gasteiger partial charge in [-0.25, -0.2) is 0 Å². The van der Waals surface area contributed by atoms with Crippen molar-refractivity contribution in [2.75, 3.05) is 11.9 Å². The summed E-state index contributed by atoms with van der Waals surface area (Å²) in [6.45, 7) is 1.52. The van der Waals surface area contributed by atoms with Crippen LogP contribution < -0.4 is 5.32 Å². The molecule has 7 heteroatoms. The van der Waals surface area contributed by atoms with Crippen LogP contribution in [0.2, 0.25) is 0 Å². The van der Waals surface area contributed by atoms with E-state index in [-0.39, 0.29) is 35.3 Å². The van der Waals surface area contributed by atoms with E-state index in [0.717, 1.165) is 12.0 Å². The highest BCUT2D eigenvalue weighted by Gasteiger charge is 2.68. The topological polar surface area (TPSA) is 81.7 Å². The Balaban J connectivity index is 1.37. The van der Waals surface area contributed by atoms with Gasteiger partial charge in [-0.05, 0) is 30.9 Å². The van der Waals surface area contributed by atoms with Crippen molar-refractivity contribution in [2.45, 2.75) is 24.3 Å². The molecule has 0 spiro atoms. The lowest BCUT2D eigenvalue weighted by atomic mass is 9.80. The number of carbonyl (C=O) groups excluding carboxylic acids is 3. The molecule has 1 aliphatic heterocycles. The lowest BCUT2D eigenvalue weighted by molar-refractivity contribution is -0.157. The number of amides is 1. The fourth-order valence-electron chi connectivity index (χ4n) is 4.43. The second kappa shape index (κ2) is 6.12. The lowest BCUT2D eigenvalue weighted by Gasteiger charge is -2.26. The molecule has 1 aromatic carbocycles. The maximum atomic E-state index is 12.5. The molecule has 2 aliphatic carbocycles. The molecule has 3 fully saturated rings. The number of anilines is 1. The van der Waals surface area contributed by atoms with Gasteiger partial charge in [-0.2, -0.15) is 0 Å². The molecule has 1 N–H and O–H groups in total. The molecule has 132 valence electrons. The molecule has 0 unspecified atom stereocenters. The fourth-order valence-corrected chi connectivity index (χ4v) is 5.47. The summed E-state index contributed by atoms with van der Waals surface area (Å²) in [5.41, 5.74) is 1.61. The zero-order valence-electron chi connectivity index (χ0n) is 13.6. The third kappa shape index (κ3) is 2.65. The number of rotatable bonds is 4. The molecule has 1 aromatic rings. The third-order valence-electron chi connectivity index (χ3n) is 5.56. The van der Waals surface area contributed by atoms with Crippen LogP contribution in [0.3, 0.4) is 0 Å². The number of fused-ring (bicyclic) bond motifs is 1. The molecule has 2 saturated carbocycles. The first-order chi connectivity index (χ1) is 12.0. The maximum absolute atomic E-state index is 12.5. The van der Waals surface area contributed by atoms with Crippen molar-refractivity contribution in [1.82, 2.24) is 0 Å². The SMILES string of the molecule is Cc1ccccc1NC(=O)COC(=O)[C@@H]1[C@H]2C[C@H]3[C@H](OC(=O)[C@@H]31)[C@@H]2Br. The number of hydrogen-bond acceptors (Lipinski definition) is 5. The first kappa shape index (κ1) is 16.6. The Kier molecular flexibility index (Phi) is 4.06. The normalized spacial score (nSPS) is 34.7. The Morgan fingerprint density at radius 1 is 1.32 bits per heavy atom. The van der Waals surface area contributed by atoms with Gasteiger partial charge in [0.2, 0.25) is 0 Å². The molecule has 6 atom stereocenters. The molecular formula is C18H18BrNO5. The van der Waals surface area contributed by atoms with E-state index in [1.807, 2.05) is 25.1 Å². The molecule has 0 aromatic heterocycles. The fraction of sp³-hybridized carbons (Fsp3) is 0.500. The average Bonchev–Trinajstić information content (AvgIpc) is 3.19. The molecule has 3 aliphatic rings. The minimum Gasteiger partial charge on any atom is -0.461 e. The largest absolute Gasteiger partial charge is 0.461 e. The number of aryl methyl sites for hydroxylation is 1. The Morgan fingerprint density at radius 3 is 2.84 bits per heavy atom. The quantitative estimate of drug-likeness (QED) is 0.609.